The van der Waals surface area contributed by atoms with Crippen molar-refractivity contribution in [3.05, 3.63) is 22.4 Å². The zero-order valence-corrected chi connectivity index (χ0v) is 15.2. The molecule has 1 aliphatic heterocycles. The van der Waals surface area contributed by atoms with Crippen LogP contribution in [0.4, 0.5) is 0 Å². The topological polar surface area (TPSA) is 72.9 Å². The van der Waals surface area contributed by atoms with Crippen molar-refractivity contribution in [1.82, 2.24) is 15.1 Å². The summed E-state index contributed by atoms with van der Waals surface area (Å²) >= 11 is 1.64. The van der Waals surface area contributed by atoms with Gasteiger partial charge in [-0.05, 0) is 37.8 Å². The van der Waals surface area contributed by atoms with E-state index in [9.17, 15) is 9.59 Å². The minimum absolute atomic E-state index is 0.0553. The fourth-order valence-corrected chi connectivity index (χ4v) is 3.86. The Labute approximate surface area is 147 Å². The quantitative estimate of drug-likeness (QED) is 0.743. The van der Waals surface area contributed by atoms with Crippen LogP contribution in [0.2, 0.25) is 0 Å². The molecule has 1 fully saturated rings. The molecule has 1 aromatic heterocycles. The number of carbonyl (C=O) groups is 2. The number of piperidine rings is 1. The van der Waals surface area contributed by atoms with Gasteiger partial charge in [0.15, 0.2) is 0 Å². The molecule has 2 rings (SSSR count). The molecule has 6 nitrogen and oxygen atoms in total. The van der Waals surface area contributed by atoms with Gasteiger partial charge in [-0.2, -0.15) is 0 Å². The van der Waals surface area contributed by atoms with Crippen LogP contribution in [-0.2, 0) is 16.1 Å². The molecule has 1 saturated heterocycles. The van der Waals surface area contributed by atoms with Crippen molar-refractivity contribution in [2.24, 2.45) is 0 Å². The molecule has 1 aromatic rings. The number of carbonyl (C=O) groups excluding carboxylic acids is 1. The standard InChI is InChI=1S/C17H27N3O3S/c1-3-19(12-16(21)22)14-6-8-20(9-7-14)13(2)17(23)18-11-15-5-4-10-24-15/h4-5,10,13-14H,3,6-9,11-12H2,1-2H3,(H,18,23)(H,21,22). The molecule has 0 saturated carbocycles. The molecule has 24 heavy (non-hydrogen) atoms. The Kier molecular flexibility index (Phi) is 7.20. The number of carboxylic acids is 1. The molecule has 2 N–H and O–H groups in total. The van der Waals surface area contributed by atoms with Gasteiger partial charge >= 0.3 is 5.97 Å². The number of carboxylic acid groups (broad SMARTS) is 1. The molecule has 134 valence electrons. The minimum atomic E-state index is -0.777. The average molecular weight is 353 g/mol. The molecule has 0 aromatic carbocycles. The zero-order chi connectivity index (χ0) is 17.5. The lowest BCUT2D eigenvalue weighted by Crippen LogP contribution is -2.52. The molecule has 2 heterocycles. The highest BCUT2D eigenvalue weighted by atomic mass is 32.1. The maximum atomic E-state index is 12.3. The minimum Gasteiger partial charge on any atom is -0.480 e. The molecule has 1 aliphatic rings. The summed E-state index contributed by atoms with van der Waals surface area (Å²) in [5.74, 6) is -0.722. The molecule has 7 heteroatoms. The highest BCUT2D eigenvalue weighted by molar-refractivity contribution is 7.09. The summed E-state index contributed by atoms with van der Waals surface area (Å²) in [7, 11) is 0. The number of aliphatic carboxylic acids is 1. The van der Waals surface area contributed by atoms with Crippen LogP contribution in [0.3, 0.4) is 0 Å². The molecule has 1 atom stereocenters. The summed E-state index contributed by atoms with van der Waals surface area (Å²) in [6.07, 6.45) is 1.81. The monoisotopic (exact) mass is 353 g/mol. The van der Waals surface area contributed by atoms with Crippen molar-refractivity contribution < 1.29 is 14.7 Å². The third-order valence-electron chi connectivity index (χ3n) is 4.70. The van der Waals surface area contributed by atoms with E-state index in [1.165, 1.54) is 0 Å². The van der Waals surface area contributed by atoms with Crippen LogP contribution in [0, 0.1) is 0 Å². The van der Waals surface area contributed by atoms with E-state index in [0.29, 0.717) is 12.6 Å². The van der Waals surface area contributed by atoms with E-state index in [4.69, 9.17) is 5.11 Å². The van der Waals surface area contributed by atoms with E-state index in [0.717, 1.165) is 37.4 Å². The van der Waals surface area contributed by atoms with Crippen molar-refractivity contribution in [3.8, 4) is 0 Å². The number of hydrogen-bond acceptors (Lipinski definition) is 5. The first-order chi connectivity index (χ1) is 11.5. The van der Waals surface area contributed by atoms with Gasteiger partial charge in [0.1, 0.15) is 0 Å². The normalized spacial score (nSPS) is 17.8. The number of nitrogens with zero attached hydrogens (tertiary/aromatic N) is 2. The lowest BCUT2D eigenvalue weighted by Gasteiger charge is -2.39. The lowest BCUT2D eigenvalue weighted by molar-refractivity contribution is -0.139. The highest BCUT2D eigenvalue weighted by Crippen LogP contribution is 2.18. The van der Waals surface area contributed by atoms with Gasteiger partial charge in [0, 0.05) is 24.0 Å². The van der Waals surface area contributed by atoms with Gasteiger partial charge in [-0.25, -0.2) is 0 Å². The fraction of sp³-hybridized carbons (Fsp3) is 0.647. The summed E-state index contributed by atoms with van der Waals surface area (Å²) in [5.41, 5.74) is 0. The number of amides is 1. The SMILES string of the molecule is CCN(CC(=O)O)C1CCN(C(C)C(=O)NCc2cccs2)CC1. The van der Waals surface area contributed by atoms with Gasteiger partial charge in [0.05, 0.1) is 19.1 Å². The van der Waals surface area contributed by atoms with Crippen LogP contribution >= 0.6 is 11.3 Å². The second kappa shape index (κ2) is 9.15. The Morgan fingerprint density at radius 1 is 1.46 bits per heavy atom. The number of nitrogens with one attached hydrogen (secondary N) is 1. The van der Waals surface area contributed by atoms with Crippen molar-refractivity contribution in [1.29, 1.82) is 0 Å². The highest BCUT2D eigenvalue weighted by Gasteiger charge is 2.29. The summed E-state index contributed by atoms with van der Waals surface area (Å²) in [5, 5.41) is 14.0. The van der Waals surface area contributed by atoms with Crippen LogP contribution < -0.4 is 5.32 Å². The first-order valence-electron chi connectivity index (χ1n) is 8.51. The summed E-state index contributed by atoms with van der Waals surface area (Å²) in [6.45, 7) is 7.02. The molecular weight excluding hydrogens is 326 g/mol. The summed E-state index contributed by atoms with van der Waals surface area (Å²) in [4.78, 5) is 28.6. The van der Waals surface area contributed by atoms with E-state index in [1.54, 1.807) is 11.3 Å². The fourth-order valence-electron chi connectivity index (χ4n) is 3.21. The molecule has 0 bridgehead atoms. The zero-order valence-electron chi connectivity index (χ0n) is 14.4. The van der Waals surface area contributed by atoms with Gasteiger partial charge < -0.3 is 10.4 Å². The van der Waals surface area contributed by atoms with Crippen LogP contribution in [-0.4, -0.2) is 65.0 Å². The number of likely N-dealkylation sites (N-methyl/N-ethyl adjacent to an activating group) is 1. The van der Waals surface area contributed by atoms with E-state index in [2.05, 4.69) is 10.2 Å². The Morgan fingerprint density at radius 3 is 2.71 bits per heavy atom. The van der Waals surface area contributed by atoms with Crippen molar-refractivity contribution in [2.45, 2.75) is 45.3 Å². The van der Waals surface area contributed by atoms with E-state index in [-0.39, 0.29) is 18.5 Å². The van der Waals surface area contributed by atoms with Gasteiger partial charge in [0.25, 0.3) is 0 Å². The predicted octanol–water partition coefficient (Wildman–Crippen LogP) is 1.62. The Morgan fingerprint density at radius 2 is 2.17 bits per heavy atom. The van der Waals surface area contributed by atoms with Gasteiger partial charge in [-0.15, -0.1) is 11.3 Å². The predicted molar refractivity (Wildman–Crippen MR) is 95.1 cm³/mol. The van der Waals surface area contributed by atoms with E-state index < -0.39 is 5.97 Å². The first kappa shape index (κ1) is 18.9. The van der Waals surface area contributed by atoms with E-state index in [1.807, 2.05) is 36.3 Å². The first-order valence-corrected chi connectivity index (χ1v) is 9.39. The van der Waals surface area contributed by atoms with Crippen LogP contribution in [0.1, 0.15) is 31.6 Å². The molecule has 0 spiro atoms. The largest absolute Gasteiger partial charge is 0.480 e. The molecule has 1 amide bonds. The number of thiophene rings is 1. The molecule has 1 unspecified atom stereocenters. The van der Waals surface area contributed by atoms with Gasteiger partial charge in [0.2, 0.25) is 5.91 Å². The second-order valence-electron chi connectivity index (χ2n) is 6.20. The third-order valence-corrected chi connectivity index (χ3v) is 5.58. The van der Waals surface area contributed by atoms with Gasteiger partial charge in [-0.1, -0.05) is 13.0 Å². The summed E-state index contributed by atoms with van der Waals surface area (Å²) < 4.78 is 0. The Balaban J connectivity index is 1.77. The van der Waals surface area contributed by atoms with Crippen molar-refractivity contribution >= 4 is 23.2 Å². The van der Waals surface area contributed by atoms with Crippen LogP contribution in [0.15, 0.2) is 17.5 Å². The lowest BCUT2D eigenvalue weighted by atomic mass is 10.0. The van der Waals surface area contributed by atoms with Crippen LogP contribution in [0.5, 0.6) is 0 Å². The van der Waals surface area contributed by atoms with E-state index >= 15 is 0 Å². The molecular formula is C17H27N3O3S. The number of hydrogen-bond donors (Lipinski definition) is 2. The second-order valence-corrected chi connectivity index (χ2v) is 7.23. The van der Waals surface area contributed by atoms with Gasteiger partial charge in [-0.3, -0.25) is 19.4 Å². The smallest absolute Gasteiger partial charge is 0.317 e. The third kappa shape index (κ3) is 5.29. The molecule has 0 radical (unpaired) electrons. The van der Waals surface area contributed by atoms with Crippen LogP contribution in [0.25, 0.3) is 0 Å². The van der Waals surface area contributed by atoms with Crippen molar-refractivity contribution in [2.75, 3.05) is 26.2 Å². The van der Waals surface area contributed by atoms with Crippen molar-refractivity contribution in [3.63, 3.8) is 0 Å². The number of likely N-dealkylation sites (tertiary alicyclic amines) is 1. The maximum Gasteiger partial charge on any atom is 0.317 e. The number of rotatable bonds is 8. The maximum absolute atomic E-state index is 12.3. The molecule has 0 aliphatic carbocycles. The Hall–Kier alpha value is -1.44. The Bertz CT molecular complexity index is 527. The average Bonchev–Trinajstić information content (AvgIpc) is 3.10. The summed E-state index contributed by atoms with van der Waals surface area (Å²) in [6, 6.07) is 4.14.